The monoisotopic (exact) mass is 914 g/mol. The lowest BCUT2D eigenvalue weighted by molar-refractivity contribution is -0.142. The molecule has 0 saturated heterocycles. The smallest absolute Gasteiger partial charge is 0.336 e. The van der Waals surface area contributed by atoms with Crippen LogP contribution in [0.15, 0.2) is 93.6 Å². The van der Waals surface area contributed by atoms with Gasteiger partial charge < -0.3 is 54.8 Å². The van der Waals surface area contributed by atoms with Gasteiger partial charge in [0.2, 0.25) is 5.91 Å². The van der Waals surface area contributed by atoms with Crippen molar-refractivity contribution in [2.24, 2.45) is 0 Å². The normalized spacial score (nSPS) is 16.8. The van der Waals surface area contributed by atoms with Gasteiger partial charge in [-0.25, -0.2) is 19.2 Å². The van der Waals surface area contributed by atoms with Crippen LogP contribution in [0.3, 0.4) is 0 Å². The lowest BCUT2D eigenvalue weighted by Gasteiger charge is -2.31. The number of methoxy groups -OCH3 is 2. The SMILES string of the molecule is CCOC(=O)C1=C(COCCNC(=O)C[C@H](NCCOCC2=C(C(=O)OCC)C(c3ccccc3Cl)C(C(=O)OC)=C(C)N2)C(=O)O)NC(C)=C(C(=O)OC)C1c1ccccc1Cl. The number of aliphatic carboxylic acids is 1. The molecule has 0 radical (unpaired) electrons. The van der Waals surface area contributed by atoms with E-state index in [-0.39, 0.29) is 75.0 Å². The molecule has 2 aromatic carbocycles. The Bertz CT molecular complexity index is 2180. The first-order chi connectivity index (χ1) is 30.2. The average molecular weight is 916 g/mol. The number of carbonyl (C=O) groups excluding carboxylic acids is 5. The number of rotatable bonds is 22. The Kier molecular flexibility index (Phi) is 19.2. The van der Waals surface area contributed by atoms with Gasteiger partial charge in [0.05, 0.1) is 106 Å². The zero-order valence-electron chi connectivity index (χ0n) is 35.8. The summed E-state index contributed by atoms with van der Waals surface area (Å²) < 4.78 is 32.5. The quantitative estimate of drug-likeness (QED) is 0.0635. The van der Waals surface area contributed by atoms with E-state index in [0.717, 1.165) is 0 Å². The van der Waals surface area contributed by atoms with Crippen molar-refractivity contribution in [3.8, 4) is 0 Å². The van der Waals surface area contributed by atoms with Crippen LogP contribution in [0.4, 0.5) is 0 Å². The van der Waals surface area contributed by atoms with E-state index < -0.39 is 60.1 Å². The summed E-state index contributed by atoms with van der Waals surface area (Å²) in [4.78, 5) is 77.8. The second-order valence-corrected chi connectivity index (χ2v) is 14.8. The van der Waals surface area contributed by atoms with Gasteiger partial charge in [0.15, 0.2) is 0 Å². The maximum absolute atomic E-state index is 13.4. The minimum absolute atomic E-state index is 0.00185. The Morgan fingerprint density at radius 3 is 1.49 bits per heavy atom. The first kappa shape index (κ1) is 49.9. The fraction of sp³-hybridized carbons (Fsp3) is 0.409. The molecule has 3 atom stereocenters. The Hall–Kier alpha value is -5.72. The summed E-state index contributed by atoms with van der Waals surface area (Å²) in [6.45, 7) is 6.37. The lowest BCUT2D eigenvalue weighted by atomic mass is 9.80. The van der Waals surface area contributed by atoms with Gasteiger partial charge in [0.1, 0.15) is 6.04 Å². The van der Waals surface area contributed by atoms with Crippen LogP contribution in [-0.4, -0.2) is 114 Å². The molecule has 17 nitrogen and oxygen atoms in total. The second kappa shape index (κ2) is 24.2. The van der Waals surface area contributed by atoms with Crippen molar-refractivity contribution in [2.75, 3.05) is 67.0 Å². The van der Waals surface area contributed by atoms with E-state index in [1.165, 1.54) is 14.2 Å². The van der Waals surface area contributed by atoms with Gasteiger partial charge in [-0.15, -0.1) is 0 Å². The Balaban J connectivity index is 1.36. The van der Waals surface area contributed by atoms with Crippen molar-refractivity contribution in [1.82, 2.24) is 21.3 Å². The van der Waals surface area contributed by atoms with Crippen molar-refractivity contribution in [1.29, 1.82) is 0 Å². The highest BCUT2D eigenvalue weighted by Crippen LogP contribution is 2.43. The number of benzene rings is 2. The summed E-state index contributed by atoms with van der Waals surface area (Å²) in [5.74, 6) is -6.45. The van der Waals surface area contributed by atoms with Crippen molar-refractivity contribution < 1.29 is 62.3 Å². The highest BCUT2D eigenvalue weighted by atomic mass is 35.5. The van der Waals surface area contributed by atoms with Crippen LogP contribution in [0.25, 0.3) is 0 Å². The van der Waals surface area contributed by atoms with Crippen LogP contribution in [0, 0.1) is 0 Å². The van der Waals surface area contributed by atoms with Crippen molar-refractivity contribution in [3.05, 3.63) is 115 Å². The van der Waals surface area contributed by atoms with Crippen molar-refractivity contribution >= 4 is 59.0 Å². The molecule has 2 unspecified atom stereocenters. The van der Waals surface area contributed by atoms with Gasteiger partial charge in [-0.3, -0.25) is 9.59 Å². The largest absolute Gasteiger partial charge is 0.480 e. The Morgan fingerprint density at radius 1 is 0.667 bits per heavy atom. The Morgan fingerprint density at radius 2 is 1.10 bits per heavy atom. The molecule has 2 aliphatic rings. The van der Waals surface area contributed by atoms with E-state index in [1.807, 2.05) is 0 Å². The van der Waals surface area contributed by atoms with Crippen molar-refractivity contribution in [3.63, 3.8) is 0 Å². The molecule has 2 heterocycles. The second-order valence-electron chi connectivity index (χ2n) is 13.9. The summed E-state index contributed by atoms with van der Waals surface area (Å²) >= 11 is 13.1. The summed E-state index contributed by atoms with van der Waals surface area (Å²) in [5.41, 5.74) is 2.95. The highest BCUT2D eigenvalue weighted by molar-refractivity contribution is 6.32. The van der Waals surface area contributed by atoms with Crippen molar-refractivity contribution in [2.45, 2.75) is 52.0 Å². The molecule has 340 valence electrons. The molecule has 5 N–H and O–H groups in total. The third-order valence-corrected chi connectivity index (χ3v) is 10.6. The number of carbonyl (C=O) groups is 6. The van der Waals surface area contributed by atoms with Crippen LogP contribution in [0.2, 0.25) is 10.0 Å². The molecule has 2 aromatic rings. The molecule has 2 aliphatic heterocycles. The number of hydrogen-bond donors (Lipinski definition) is 5. The summed E-state index contributed by atoms with van der Waals surface area (Å²) in [6, 6.07) is 12.3. The highest BCUT2D eigenvalue weighted by Gasteiger charge is 2.41. The minimum Gasteiger partial charge on any atom is -0.480 e. The lowest BCUT2D eigenvalue weighted by Crippen LogP contribution is -2.43. The van der Waals surface area contributed by atoms with Crippen LogP contribution in [0.1, 0.15) is 57.1 Å². The number of carboxylic acids is 1. The molecule has 0 aliphatic carbocycles. The number of halogens is 2. The Labute approximate surface area is 375 Å². The maximum Gasteiger partial charge on any atom is 0.336 e. The van der Waals surface area contributed by atoms with Gasteiger partial charge in [-0.2, -0.15) is 0 Å². The molecule has 0 saturated carbocycles. The zero-order valence-corrected chi connectivity index (χ0v) is 37.3. The molecule has 1 amide bonds. The topological polar surface area (TPSA) is 226 Å². The average Bonchev–Trinajstić information content (AvgIpc) is 3.25. The molecule has 0 aromatic heterocycles. The maximum atomic E-state index is 13.4. The van der Waals surface area contributed by atoms with Gasteiger partial charge in [-0.1, -0.05) is 59.6 Å². The molecular weight excluding hydrogens is 863 g/mol. The fourth-order valence-corrected chi connectivity index (χ4v) is 7.63. The van der Waals surface area contributed by atoms with Gasteiger partial charge in [0, 0.05) is 34.5 Å². The van der Waals surface area contributed by atoms with E-state index in [9.17, 15) is 33.9 Å². The van der Waals surface area contributed by atoms with E-state index in [4.69, 9.17) is 51.6 Å². The van der Waals surface area contributed by atoms with Crippen LogP contribution in [-0.2, 0) is 57.2 Å². The molecule has 63 heavy (non-hydrogen) atoms. The number of carboxylic acid groups (broad SMARTS) is 1. The minimum atomic E-state index is -1.28. The third kappa shape index (κ3) is 12.7. The standard InChI is InChI=1S/C44H52Cl2N4O13/c1-7-62-43(56)38-31(49-24(3)34(41(54)58-5)36(38)26-13-9-11-15-28(26)45)22-60-19-17-47-30(40(52)53)21-33(51)48-18-20-61-23-32-39(44(57)63-8-2)37(27-14-10-12-16-29(27)46)35(25(4)50-32)42(55)59-6/h9-16,30,36-37,47,49-50H,7-8,17-23H2,1-6H3,(H,48,51)(H,52,53)/t30-,36?,37?/m0/s1. The molecule has 0 spiro atoms. The molecule has 4 rings (SSSR count). The number of esters is 4. The van der Waals surface area contributed by atoms with E-state index >= 15 is 0 Å². The number of ether oxygens (including phenoxy) is 6. The predicted molar refractivity (Wildman–Crippen MR) is 230 cm³/mol. The molecule has 0 fully saturated rings. The number of hydrogen-bond acceptors (Lipinski definition) is 15. The predicted octanol–water partition coefficient (Wildman–Crippen LogP) is 4.18. The number of amides is 1. The first-order valence-electron chi connectivity index (χ1n) is 20.0. The zero-order chi connectivity index (χ0) is 46.2. The van der Waals surface area contributed by atoms with E-state index in [2.05, 4.69) is 21.3 Å². The van der Waals surface area contributed by atoms with Crippen LogP contribution in [0.5, 0.6) is 0 Å². The van der Waals surface area contributed by atoms with Gasteiger partial charge in [-0.05, 0) is 51.0 Å². The first-order valence-corrected chi connectivity index (χ1v) is 20.8. The van der Waals surface area contributed by atoms with E-state index in [0.29, 0.717) is 44.0 Å². The molecular formula is C44H52Cl2N4O13. The number of allylic oxidation sites excluding steroid dienone is 2. The molecule has 19 heteroatoms. The summed E-state index contributed by atoms with van der Waals surface area (Å²) in [6.07, 6.45) is -0.422. The van der Waals surface area contributed by atoms with Gasteiger partial charge >= 0.3 is 29.8 Å². The number of dihydropyridines is 2. The van der Waals surface area contributed by atoms with Gasteiger partial charge in [0.25, 0.3) is 0 Å². The summed E-state index contributed by atoms with van der Waals surface area (Å²) in [7, 11) is 2.47. The summed E-state index contributed by atoms with van der Waals surface area (Å²) in [5, 5.41) is 22.1. The van der Waals surface area contributed by atoms with E-state index in [1.54, 1.807) is 76.2 Å². The van der Waals surface area contributed by atoms with Crippen LogP contribution < -0.4 is 21.3 Å². The fourth-order valence-electron chi connectivity index (χ4n) is 7.14. The number of nitrogens with one attached hydrogen (secondary N) is 4. The molecule has 0 bridgehead atoms. The van der Waals surface area contributed by atoms with Crippen LogP contribution >= 0.6 is 23.2 Å². The third-order valence-electron chi connectivity index (χ3n) is 9.91.